The number of piperazine rings is 1. The quantitative estimate of drug-likeness (QED) is 0.353. The van der Waals surface area contributed by atoms with Crippen LogP contribution in [0.25, 0.3) is 10.2 Å². The van der Waals surface area contributed by atoms with Crippen LogP contribution in [-0.2, 0) is 0 Å². The number of aryl methyl sites for hydroxylation is 1. The Labute approximate surface area is 214 Å². The number of benzene rings is 3. The number of halogens is 1. The van der Waals surface area contributed by atoms with Gasteiger partial charge < -0.3 is 15.0 Å². The zero-order chi connectivity index (χ0) is 24.2. The molecule has 180 valence electrons. The van der Waals surface area contributed by atoms with Crippen LogP contribution in [0.4, 0.5) is 5.13 Å². The van der Waals surface area contributed by atoms with Crippen molar-refractivity contribution in [2.45, 2.75) is 6.92 Å². The molecule has 1 N–H and O–H groups in total. The fourth-order valence-corrected chi connectivity index (χ4v) is 5.54. The van der Waals surface area contributed by atoms with Crippen LogP contribution < -0.4 is 15.0 Å². The summed E-state index contributed by atoms with van der Waals surface area (Å²) in [7, 11) is 0. The summed E-state index contributed by atoms with van der Waals surface area (Å²) in [4.78, 5) is 22.4. The molecule has 4 aromatic rings. The van der Waals surface area contributed by atoms with E-state index in [4.69, 9.17) is 21.3 Å². The molecule has 3 aromatic carbocycles. The number of hydrogen-bond donors (Lipinski definition) is 1. The molecule has 0 unspecified atom stereocenters. The van der Waals surface area contributed by atoms with Gasteiger partial charge in [-0.2, -0.15) is 0 Å². The van der Waals surface area contributed by atoms with E-state index >= 15 is 0 Å². The highest BCUT2D eigenvalue weighted by Gasteiger charge is 2.21. The van der Waals surface area contributed by atoms with E-state index in [9.17, 15) is 4.79 Å². The summed E-state index contributed by atoms with van der Waals surface area (Å²) in [5.74, 6) is 1.13. The number of aromatic nitrogens is 1. The van der Waals surface area contributed by atoms with Crippen molar-refractivity contribution in [1.82, 2.24) is 15.2 Å². The molecule has 0 radical (unpaired) electrons. The van der Waals surface area contributed by atoms with Gasteiger partial charge in [0.05, 0.1) is 20.8 Å². The molecule has 1 amide bonds. The van der Waals surface area contributed by atoms with Gasteiger partial charge in [0.15, 0.2) is 5.13 Å². The van der Waals surface area contributed by atoms with Gasteiger partial charge in [-0.05, 0) is 42.8 Å². The molecule has 0 saturated carbocycles. The Kier molecular flexibility index (Phi) is 7.18. The maximum Gasteiger partial charge on any atom is 0.255 e. The summed E-state index contributed by atoms with van der Waals surface area (Å²) >= 11 is 8.05. The molecule has 35 heavy (non-hydrogen) atoms. The molecule has 1 aliphatic rings. The first-order chi connectivity index (χ1) is 17.1. The highest BCUT2D eigenvalue weighted by molar-refractivity contribution is 7.22. The summed E-state index contributed by atoms with van der Waals surface area (Å²) in [5, 5.41) is 4.84. The number of para-hydroxylation sites is 2. The van der Waals surface area contributed by atoms with Gasteiger partial charge in [0.25, 0.3) is 5.91 Å². The number of carbonyl (C=O) groups excluding carboxylic acids is 1. The van der Waals surface area contributed by atoms with E-state index in [0.717, 1.165) is 58.7 Å². The fourth-order valence-electron chi connectivity index (χ4n) is 4.17. The normalized spacial score (nSPS) is 14.3. The van der Waals surface area contributed by atoms with E-state index in [1.165, 1.54) is 0 Å². The minimum Gasteiger partial charge on any atom is -0.457 e. The fraction of sp³-hybridized carbons (Fsp3) is 0.259. The molecule has 5 rings (SSSR count). The van der Waals surface area contributed by atoms with Crippen LogP contribution in [0.15, 0.2) is 66.7 Å². The van der Waals surface area contributed by atoms with Crippen molar-refractivity contribution in [2.75, 3.05) is 44.2 Å². The molecule has 0 bridgehead atoms. The zero-order valence-corrected chi connectivity index (χ0v) is 21.1. The summed E-state index contributed by atoms with van der Waals surface area (Å²) in [6.07, 6.45) is 0. The van der Waals surface area contributed by atoms with Crippen LogP contribution in [0.3, 0.4) is 0 Å². The number of thiazole rings is 1. The minimum absolute atomic E-state index is 0.128. The lowest BCUT2D eigenvalue weighted by Gasteiger charge is -2.34. The molecule has 1 saturated heterocycles. The zero-order valence-electron chi connectivity index (χ0n) is 19.5. The number of fused-ring (bicyclic) bond motifs is 1. The van der Waals surface area contributed by atoms with Crippen molar-refractivity contribution in [3.8, 4) is 11.5 Å². The number of ether oxygens (including phenoxy) is 1. The first-order valence-electron chi connectivity index (χ1n) is 11.7. The molecule has 0 atom stereocenters. The average Bonchev–Trinajstić information content (AvgIpc) is 3.35. The molecular weight excluding hydrogens is 480 g/mol. The molecule has 1 fully saturated rings. The first-order valence-corrected chi connectivity index (χ1v) is 12.9. The van der Waals surface area contributed by atoms with Crippen LogP contribution in [0.1, 0.15) is 15.9 Å². The Morgan fingerprint density at radius 3 is 2.54 bits per heavy atom. The van der Waals surface area contributed by atoms with Crippen LogP contribution in [0, 0.1) is 6.92 Å². The molecule has 6 nitrogen and oxygen atoms in total. The molecular formula is C27H27ClN4O2S. The van der Waals surface area contributed by atoms with Crippen molar-refractivity contribution >= 4 is 44.2 Å². The van der Waals surface area contributed by atoms with Gasteiger partial charge in [0.2, 0.25) is 0 Å². The monoisotopic (exact) mass is 506 g/mol. The second-order valence-electron chi connectivity index (χ2n) is 8.53. The number of nitrogens with one attached hydrogen (secondary N) is 1. The van der Waals surface area contributed by atoms with Crippen LogP contribution in [0.2, 0.25) is 5.02 Å². The van der Waals surface area contributed by atoms with Crippen LogP contribution in [0.5, 0.6) is 11.5 Å². The Morgan fingerprint density at radius 2 is 1.77 bits per heavy atom. The number of anilines is 1. The van der Waals surface area contributed by atoms with E-state index in [1.807, 2.05) is 60.7 Å². The maximum atomic E-state index is 12.8. The predicted octanol–water partition coefficient (Wildman–Crippen LogP) is 5.60. The lowest BCUT2D eigenvalue weighted by Crippen LogP contribution is -2.48. The summed E-state index contributed by atoms with van der Waals surface area (Å²) < 4.78 is 6.99. The molecule has 8 heteroatoms. The van der Waals surface area contributed by atoms with E-state index in [0.29, 0.717) is 23.6 Å². The lowest BCUT2D eigenvalue weighted by atomic mass is 10.2. The van der Waals surface area contributed by atoms with E-state index in [2.05, 4.69) is 22.0 Å². The third-order valence-electron chi connectivity index (χ3n) is 6.15. The number of hydrogen-bond acceptors (Lipinski definition) is 6. The number of rotatable bonds is 7. The average molecular weight is 507 g/mol. The third kappa shape index (κ3) is 5.42. The molecule has 0 aliphatic carbocycles. The molecule has 1 aliphatic heterocycles. The lowest BCUT2D eigenvalue weighted by molar-refractivity contribution is 0.0945. The number of amides is 1. The van der Waals surface area contributed by atoms with E-state index in [1.54, 1.807) is 17.4 Å². The van der Waals surface area contributed by atoms with Crippen LogP contribution in [-0.4, -0.2) is 55.1 Å². The van der Waals surface area contributed by atoms with Crippen molar-refractivity contribution < 1.29 is 9.53 Å². The molecule has 2 heterocycles. The number of nitrogens with zero attached hydrogens (tertiary/aromatic N) is 3. The van der Waals surface area contributed by atoms with Crippen LogP contribution >= 0.6 is 22.9 Å². The van der Waals surface area contributed by atoms with E-state index < -0.39 is 0 Å². The summed E-state index contributed by atoms with van der Waals surface area (Å²) in [6, 6.07) is 20.8. The Hall–Kier alpha value is -3.13. The minimum atomic E-state index is -0.128. The van der Waals surface area contributed by atoms with Crippen molar-refractivity contribution in [3.05, 3.63) is 82.9 Å². The van der Waals surface area contributed by atoms with Crippen molar-refractivity contribution in [1.29, 1.82) is 0 Å². The van der Waals surface area contributed by atoms with Gasteiger partial charge in [-0.1, -0.05) is 59.3 Å². The molecule has 1 aromatic heterocycles. The van der Waals surface area contributed by atoms with Gasteiger partial charge in [-0.25, -0.2) is 4.98 Å². The van der Waals surface area contributed by atoms with Crippen molar-refractivity contribution in [3.63, 3.8) is 0 Å². The summed E-state index contributed by atoms with van der Waals surface area (Å²) in [5.41, 5.74) is 2.68. The predicted molar refractivity (Wildman–Crippen MR) is 143 cm³/mol. The first kappa shape index (κ1) is 23.6. The standard InChI is InChI=1S/C27H27ClN4O2S/c1-19-11-12-22(28)25-24(19)30-27(35-25)32-17-15-31(16-18-32)14-13-29-26(33)21-9-5-6-10-23(21)34-20-7-3-2-4-8-20/h2-12H,13-18H2,1H3,(H,29,33). The largest absolute Gasteiger partial charge is 0.457 e. The van der Waals surface area contributed by atoms with Gasteiger partial charge >= 0.3 is 0 Å². The highest BCUT2D eigenvalue weighted by Crippen LogP contribution is 2.35. The Bertz CT molecular complexity index is 1280. The highest BCUT2D eigenvalue weighted by atomic mass is 35.5. The Morgan fingerprint density at radius 1 is 1.03 bits per heavy atom. The maximum absolute atomic E-state index is 12.8. The topological polar surface area (TPSA) is 57.7 Å². The van der Waals surface area contributed by atoms with Crippen molar-refractivity contribution in [2.24, 2.45) is 0 Å². The second kappa shape index (κ2) is 10.6. The molecule has 0 spiro atoms. The smallest absolute Gasteiger partial charge is 0.255 e. The third-order valence-corrected chi connectivity index (χ3v) is 7.72. The second-order valence-corrected chi connectivity index (χ2v) is 9.92. The Balaban J connectivity index is 1.13. The summed E-state index contributed by atoms with van der Waals surface area (Å²) in [6.45, 7) is 7.09. The van der Waals surface area contributed by atoms with Gasteiger partial charge in [-0.15, -0.1) is 0 Å². The SMILES string of the molecule is Cc1ccc(Cl)c2sc(N3CCN(CCNC(=O)c4ccccc4Oc4ccccc4)CC3)nc12. The van der Waals surface area contributed by atoms with E-state index in [-0.39, 0.29) is 5.91 Å². The number of carbonyl (C=O) groups is 1. The van der Waals surface area contributed by atoms with Gasteiger partial charge in [-0.3, -0.25) is 9.69 Å². The van der Waals surface area contributed by atoms with Gasteiger partial charge in [0.1, 0.15) is 11.5 Å². The van der Waals surface area contributed by atoms with Gasteiger partial charge in [0, 0.05) is 39.3 Å².